The summed E-state index contributed by atoms with van der Waals surface area (Å²) in [4.78, 5) is 8.06. The average Bonchev–Trinajstić information content (AvgIpc) is 2.97. The number of ether oxygens (including phenoxy) is 2. The molecule has 0 saturated heterocycles. The van der Waals surface area contributed by atoms with Crippen LogP contribution in [0.4, 0.5) is 22.0 Å². The van der Waals surface area contributed by atoms with E-state index in [0.29, 0.717) is 11.1 Å². The first kappa shape index (κ1) is 19.0. The van der Waals surface area contributed by atoms with E-state index >= 15 is 0 Å². The van der Waals surface area contributed by atoms with Crippen LogP contribution in [0.3, 0.4) is 0 Å². The van der Waals surface area contributed by atoms with Crippen LogP contribution in [0, 0.1) is 0 Å². The van der Waals surface area contributed by atoms with Crippen LogP contribution in [0.15, 0.2) is 36.8 Å². The lowest BCUT2D eigenvalue weighted by molar-refractivity contribution is -0.274. The van der Waals surface area contributed by atoms with Crippen molar-refractivity contribution in [2.45, 2.75) is 25.8 Å². The number of halogens is 5. The number of alkyl halides is 5. The minimum Gasteiger partial charge on any atom is -0.406 e. The van der Waals surface area contributed by atoms with Crippen LogP contribution >= 0.6 is 0 Å². The Morgan fingerprint density at radius 2 is 1.81 bits per heavy atom. The van der Waals surface area contributed by atoms with Crippen molar-refractivity contribution in [3.8, 4) is 17.0 Å². The third-order valence-electron chi connectivity index (χ3n) is 3.73. The van der Waals surface area contributed by atoms with Crippen molar-refractivity contribution in [1.82, 2.24) is 14.4 Å². The van der Waals surface area contributed by atoms with Gasteiger partial charge in [-0.3, -0.25) is 9.38 Å². The molecule has 5 nitrogen and oxygen atoms in total. The molecule has 0 saturated carbocycles. The van der Waals surface area contributed by atoms with Crippen molar-refractivity contribution in [3.63, 3.8) is 0 Å². The van der Waals surface area contributed by atoms with Gasteiger partial charge in [0.15, 0.2) is 5.65 Å². The zero-order valence-electron chi connectivity index (χ0n) is 14.2. The molecule has 1 aromatic carbocycles. The van der Waals surface area contributed by atoms with E-state index in [9.17, 15) is 22.0 Å². The highest BCUT2D eigenvalue weighted by Crippen LogP contribution is 2.32. The summed E-state index contributed by atoms with van der Waals surface area (Å²) < 4.78 is 74.9. The summed E-state index contributed by atoms with van der Waals surface area (Å²) in [6, 6.07) is 3.66. The van der Waals surface area contributed by atoms with E-state index < -0.39 is 18.0 Å². The Morgan fingerprint density at radius 1 is 1.07 bits per heavy atom. The lowest BCUT2D eigenvalue weighted by Gasteiger charge is -2.14. The van der Waals surface area contributed by atoms with Crippen LogP contribution in [0.25, 0.3) is 16.9 Å². The number of fused-ring (bicyclic) bond motifs is 1. The summed E-state index contributed by atoms with van der Waals surface area (Å²) in [7, 11) is 1.38. The molecule has 0 N–H and O–H groups in total. The van der Waals surface area contributed by atoms with Crippen LogP contribution in [-0.4, -0.2) is 27.8 Å². The van der Waals surface area contributed by atoms with Crippen LogP contribution in [0.1, 0.15) is 18.2 Å². The second-order valence-electron chi connectivity index (χ2n) is 5.83. The van der Waals surface area contributed by atoms with E-state index in [4.69, 9.17) is 4.74 Å². The lowest BCUT2D eigenvalue weighted by Crippen LogP contribution is -2.17. The molecule has 0 aliphatic rings. The maximum absolute atomic E-state index is 13.7. The molecule has 3 aromatic rings. The van der Waals surface area contributed by atoms with E-state index in [0.717, 1.165) is 19.2 Å². The highest BCUT2D eigenvalue weighted by atomic mass is 19.4. The summed E-state index contributed by atoms with van der Waals surface area (Å²) in [6.45, 7) is 0.723. The summed E-state index contributed by atoms with van der Waals surface area (Å²) in [5.41, 5.74) is 0.951. The standard InChI is InChI=1S/C17H14F5N3O2/c1-16(18,19)14-6-24-15-7-23-13(8-25(14)15)12-4-3-11(27-17(20,21)22)5-10(12)9-26-2/h3-8H,9H2,1-2H3. The van der Waals surface area contributed by atoms with E-state index in [-0.39, 0.29) is 23.6 Å². The first-order chi connectivity index (χ1) is 12.6. The van der Waals surface area contributed by atoms with Crippen molar-refractivity contribution in [2.75, 3.05) is 7.11 Å². The fourth-order valence-electron chi connectivity index (χ4n) is 2.65. The predicted molar refractivity (Wildman–Crippen MR) is 85.4 cm³/mol. The third-order valence-corrected chi connectivity index (χ3v) is 3.73. The van der Waals surface area contributed by atoms with Crippen LogP contribution < -0.4 is 4.74 Å². The smallest absolute Gasteiger partial charge is 0.406 e. The summed E-state index contributed by atoms with van der Waals surface area (Å²) in [5, 5.41) is 0. The van der Waals surface area contributed by atoms with Gasteiger partial charge >= 0.3 is 6.36 Å². The average molecular weight is 387 g/mol. The molecule has 0 radical (unpaired) electrons. The largest absolute Gasteiger partial charge is 0.573 e. The Kier molecular flexibility index (Phi) is 4.77. The predicted octanol–water partition coefficient (Wildman–Crippen LogP) is 4.55. The van der Waals surface area contributed by atoms with Crippen molar-refractivity contribution in [3.05, 3.63) is 48.0 Å². The fraction of sp³-hybridized carbons (Fsp3) is 0.294. The van der Waals surface area contributed by atoms with Gasteiger partial charge in [-0.15, -0.1) is 13.2 Å². The number of nitrogens with zero attached hydrogens (tertiary/aromatic N) is 3. The van der Waals surface area contributed by atoms with Gasteiger partial charge in [0.1, 0.15) is 11.4 Å². The van der Waals surface area contributed by atoms with E-state index in [1.54, 1.807) is 0 Å². The zero-order valence-corrected chi connectivity index (χ0v) is 14.2. The maximum atomic E-state index is 13.7. The van der Waals surface area contributed by atoms with Gasteiger partial charge in [0.2, 0.25) is 0 Å². The van der Waals surface area contributed by atoms with Crippen molar-refractivity contribution in [1.29, 1.82) is 0 Å². The van der Waals surface area contributed by atoms with Crippen molar-refractivity contribution >= 4 is 5.65 Å². The Labute approximate surface area is 150 Å². The number of rotatable bonds is 5. The summed E-state index contributed by atoms with van der Waals surface area (Å²) in [6.07, 6.45) is -1.12. The summed E-state index contributed by atoms with van der Waals surface area (Å²) in [5.74, 6) is -3.54. The molecule has 144 valence electrons. The topological polar surface area (TPSA) is 48.7 Å². The highest BCUT2D eigenvalue weighted by molar-refractivity contribution is 5.65. The van der Waals surface area contributed by atoms with Gasteiger partial charge in [0.05, 0.1) is 24.7 Å². The number of benzene rings is 1. The number of imidazole rings is 1. The molecule has 0 amide bonds. The second-order valence-corrected chi connectivity index (χ2v) is 5.83. The molecule has 3 rings (SSSR count). The molecule has 0 bridgehead atoms. The molecule has 2 heterocycles. The second kappa shape index (κ2) is 6.76. The molecule has 0 atom stereocenters. The minimum absolute atomic E-state index is 0.0230. The van der Waals surface area contributed by atoms with Gasteiger partial charge < -0.3 is 9.47 Å². The van der Waals surface area contributed by atoms with Crippen molar-refractivity contribution < 1.29 is 31.4 Å². The van der Waals surface area contributed by atoms with Gasteiger partial charge in [-0.25, -0.2) is 4.98 Å². The molecule has 10 heteroatoms. The SMILES string of the molecule is COCc1cc(OC(F)(F)F)ccc1-c1cn2c(C(C)(F)F)cnc2cn1. The Hall–Kier alpha value is -2.75. The molecule has 0 aliphatic carbocycles. The molecule has 0 spiro atoms. The normalized spacial score (nSPS) is 12.6. The molecular weight excluding hydrogens is 373 g/mol. The minimum atomic E-state index is -4.83. The molecule has 0 fully saturated rings. The summed E-state index contributed by atoms with van der Waals surface area (Å²) >= 11 is 0. The Bertz CT molecular complexity index is 963. The Morgan fingerprint density at radius 3 is 2.44 bits per heavy atom. The fourth-order valence-corrected chi connectivity index (χ4v) is 2.65. The highest BCUT2D eigenvalue weighted by Gasteiger charge is 2.31. The van der Waals surface area contributed by atoms with E-state index in [1.807, 2.05) is 0 Å². The third kappa shape index (κ3) is 4.16. The first-order valence-electron chi connectivity index (χ1n) is 7.68. The van der Waals surface area contributed by atoms with E-state index in [1.165, 1.54) is 36.0 Å². The van der Waals surface area contributed by atoms with Crippen LogP contribution in [0.5, 0.6) is 5.75 Å². The molecule has 0 unspecified atom stereocenters. The Balaban J connectivity index is 2.09. The number of aromatic nitrogens is 3. The first-order valence-corrected chi connectivity index (χ1v) is 7.68. The van der Waals surface area contributed by atoms with Gasteiger partial charge in [-0.05, 0) is 23.8 Å². The molecule has 27 heavy (non-hydrogen) atoms. The maximum Gasteiger partial charge on any atom is 0.573 e. The van der Waals surface area contributed by atoms with E-state index in [2.05, 4.69) is 14.7 Å². The van der Waals surface area contributed by atoms with Crippen LogP contribution in [-0.2, 0) is 17.3 Å². The number of hydrogen-bond donors (Lipinski definition) is 0. The number of methoxy groups -OCH3 is 1. The van der Waals surface area contributed by atoms with Crippen molar-refractivity contribution in [2.24, 2.45) is 0 Å². The van der Waals surface area contributed by atoms with Gasteiger partial charge in [0.25, 0.3) is 5.92 Å². The molecule has 0 aliphatic heterocycles. The molecular formula is C17H14F5N3O2. The van der Waals surface area contributed by atoms with Gasteiger partial charge in [0, 0.05) is 25.8 Å². The zero-order chi connectivity index (χ0) is 19.8. The monoisotopic (exact) mass is 387 g/mol. The van der Waals surface area contributed by atoms with Crippen LogP contribution in [0.2, 0.25) is 0 Å². The quantitative estimate of drug-likeness (QED) is 0.603. The lowest BCUT2D eigenvalue weighted by atomic mass is 10.0. The molecule has 2 aromatic heterocycles. The van der Waals surface area contributed by atoms with Gasteiger partial charge in [-0.2, -0.15) is 8.78 Å². The van der Waals surface area contributed by atoms with Gasteiger partial charge in [-0.1, -0.05) is 0 Å². The number of hydrogen-bond acceptors (Lipinski definition) is 4.